The lowest BCUT2D eigenvalue weighted by atomic mass is 9.97. The van der Waals surface area contributed by atoms with Crippen LogP contribution in [0.2, 0.25) is 0 Å². The maximum absolute atomic E-state index is 11.7. The zero-order chi connectivity index (χ0) is 15.3. The van der Waals surface area contributed by atoms with Gasteiger partial charge in [0.05, 0.1) is 11.4 Å². The molecule has 1 aliphatic carbocycles. The summed E-state index contributed by atoms with van der Waals surface area (Å²) in [7, 11) is -2.96. The number of hydrogen-bond donors (Lipinski definition) is 1. The molecule has 4 nitrogen and oxygen atoms in total. The molecule has 0 spiro atoms. The van der Waals surface area contributed by atoms with Gasteiger partial charge in [0, 0.05) is 19.2 Å². The molecular weight excluding hydrogens is 286 g/mol. The Balaban J connectivity index is 1.97. The fraction of sp³-hybridized carbons (Fsp3) is 0.625. The summed E-state index contributed by atoms with van der Waals surface area (Å²) in [6.07, 6.45) is 4.56. The molecule has 118 valence electrons. The van der Waals surface area contributed by atoms with Crippen LogP contribution in [0.15, 0.2) is 24.3 Å². The van der Waals surface area contributed by atoms with Crippen LogP contribution in [0, 0.1) is 0 Å². The van der Waals surface area contributed by atoms with E-state index in [1.54, 1.807) is 0 Å². The van der Waals surface area contributed by atoms with Gasteiger partial charge in [-0.15, -0.1) is 0 Å². The Labute approximate surface area is 127 Å². The van der Waals surface area contributed by atoms with Gasteiger partial charge in [0.1, 0.15) is 15.6 Å². The van der Waals surface area contributed by atoms with Gasteiger partial charge in [-0.1, -0.05) is 19.1 Å². The van der Waals surface area contributed by atoms with Gasteiger partial charge < -0.3 is 10.1 Å². The minimum absolute atomic E-state index is 0.00728. The predicted molar refractivity (Wildman–Crippen MR) is 85.3 cm³/mol. The molecule has 2 unspecified atom stereocenters. The predicted octanol–water partition coefficient (Wildman–Crippen LogP) is 2.53. The molecule has 1 saturated carbocycles. The first-order valence-electron chi connectivity index (χ1n) is 7.64. The van der Waals surface area contributed by atoms with Gasteiger partial charge in [0.25, 0.3) is 0 Å². The van der Waals surface area contributed by atoms with Gasteiger partial charge in [-0.25, -0.2) is 8.42 Å². The van der Waals surface area contributed by atoms with Crippen molar-refractivity contribution in [1.82, 2.24) is 5.32 Å². The summed E-state index contributed by atoms with van der Waals surface area (Å²) in [5.74, 6) is 0.838. The summed E-state index contributed by atoms with van der Waals surface area (Å²) in [5, 5.41) is 3.04. The SMILES string of the molecule is CCNCc1cccc(OC2CCCC(S(C)(=O)=O)C2)c1. The Morgan fingerprint density at radius 3 is 2.86 bits per heavy atom. The molecular formula is C16H25NO3S. The van der Waals surface area contributed by atoms with Crippen LogP contribution in [0.3, 0.4) is 0 Å². The zero-order valence-corrected chi connectivity index (χ0v) is 13.7. The Bertz CT molecular complexity index is 556. The number of benzene rings is 1. The summed E-state index contributed by atoms with van der Waals surface area (Å²) in [6.45, 7) is 3.84. The second-order valence-electron chi connectivity index (χ2n) is 5.79. The lowest BCUT2D eigenvalue weighted by molar-refractivity contribution is 0.156. The molecule has 0 bridgehead atoms. The first-order valence-corrected chi connectivity index (χ1v) is 9.59. The summed E-state index contributed by atoms with van der Waals surface area (Å²) in [6, 6.07) is 8.03. The van der Waals surface area contributed by atoms with Gasteiger partial charge in [0.15, 0.2) is 0 Å². The lowest BCUT2D eigenvalue weighted by Crippen LogP contribution is -2.33. The highest BCUT2D eigenvalue weighted by Crippen LogP contribution is 2.27. The van der Waals surface area contributed by atoms with Gasteiger partial charge in [-0.3, -0.25) is 0 Å². The van der Waals surface area contributed by atoms with E-state index in [9.17, 15) is 8.42 Å². The second kappa shape index (κ2) is 7.27. The highest BCUT2D eigenvalue weighted by molar-refractivity contribution is 7.91. The first kappa shape index (κ1) is 16.3. The molecule has 2 rings (SSSR count). The van der Waals surface area contributed by atoms with Crippen molar-refractivity contribution >= 4 is 9.84 Å². The molecule has 21 heavy (non-hydrogen) atoms. The van der Waals surface area contributed by atoms with E-state index in [0.717, 1.165) is 38.1 Å². The minimum atomic E-state index is -2.96. The highest BCUT2D eigenvalue weighted by atomic mass is 32.2. The number of rotatable bonds is 6. The average Bonchev–Trinajstić information content (AvgIpc) is 2.45. The maximum Gasteiger partial charge on any atom is 0.150 e. The fourth-order valence-electron chi connectivity index (χ4n) is 2.79. The van der Waals surface area contributed by atoms with E-state index in [2.05, 4.69) is 18.3 Å². The van der Waals surface area contributed by atoms with Crippen molar-refractivity contribution < 1.29 is 13.2 Å². The summed E-state index contributed by atoms with van der Waals surface area (Å²) in [5.41, 5.74) is 1.19. The van der Waals surface area contributed by atoms with E-state index in [4.69, 9.17) is 4.74 Å². The van der Waals surface area contributed by atoms with Crippen molar-refractivity contribution in [3.8, 4) is 5.75 Å². The van der Waals surface area contributed by atoms with E-state index in [-0.39, 0.29) is 11.4 Å². The third kappa shape index (κ3) is 5.00. The molecule has 0 aliphatic heterocycles. The first-order chi connectivity index (χ1) is 9.99. The van der Waals surface area contributed by atoms with Crippen molar-refractivity contribution in [2.24, 2.45) is 0 Å². The van der Waals surface area contributed by atoms with Crippen LogP contribution >= 0.6 is 0 Å². The van der Waals surface area contributed by atoms with Crippen LogP contribution in [0.4, 0.5) is 0 Å². The van der Waals surface area contributed by atoms with Crippen molar-refractivity contribution in [3.63, 3.8) is 0 Å². The molecule has 0 saturated heterocycles. The second-order valence-corrected chi connectivity index (χ2v) is 8.11. The minimum Gasteiger partial charge on any atom is -0.490 e. The molecule has 2 atom stereocenters. The van der Waals surface area contributed by atoms with Crippen LogP contribution < -0.4 is 10.1 Å². The summed E-state index contributed by atoms with van der Waals surface area (Å²) >= 11 is 0. The fourth-order valence-corrected chi connectivity index (χ4v) is 3.95. The van der Waals surface area contributed by atoms with Gasteiger partial charge in [0.2, 0.25) is 0 Å². The number of nitrogens with one attached hydrogen (secondary N) is 1. The third-order valence-corrected chi connectivity index (χ3v) is 5.60. The topological polar surface area (TPSA) is 55.4 Å². The van der Waals surface area contributed by atoms with E-state index in [0.29, 0.717) is 6.42 Å². The number of hydrogen-bond acceptors (Lipinski definition) is 4. The van der Waals surface area contributed by atoms with Crippen molar-refractivity contribution in [2.45, 2.75) is 50.5 Å². The highest BCUT2D eigenvalue weighted by Gasteiger charge is 2.29. The molecule has 1 fully saturated rings. The molecule has 5 heteroatoms. The van der Waals surface area contributed by atoms with Crippen LogP contribution in [0.25, 0.3) is 0 Å². The number of ether oxygens (including phenoxy) is 1. The van der Waals surface area contributed by atoms with E-state index < -0.39 is 9.84 Å². The standard InChI is InChI=1S/C16H25NO3S/c1-3-17-12-13-6-4-7-14(10-13)20-15-8-5-9-16(11-15)21(2,18)19/h4,6-7,10,15-17H,3,5,8-9,11-12H2,1-2H3. The Kier molecular flexibility index (Phi) is 5.65. The van der Waals surface area contributed by atoms with Crippen LogP contribution in [-0.2, 0) is 16.4 Å². The monoisotopic (exact) mass is 311 g/mol. The van der Waals surface area contributed by atoms with Crippen LogP contribution in [0.5, 0.6) is 5.75 Å². The lowest BCUT2D eigenvalue weighted by Gasteiger charge is -2.28. The van der Waals surface area contributed by atoms with Crippen molar-refractivity contribution in [2.75, 3.05) is 12.8 Å². The zero-order valence-electron chi connectivity index (χ0n) is 12.8. The normalized spacial score (nSPS) is 23.0. The van der Waals surface area contributed by atoms with Gasteiger partial charge >= 0.3 is 0 Å². The largest absolute Gasteiger partial charge is 0.490 e. The molecule has 1 aliphatic rings. The summed E-state index contributed by atoms with van der Waals surface area (Å²) < 4.78 is 29.4. The van der Waals surface area contributed by atoms with E-state index >= 15 is 0 Å². The van der Waals surface area contributed by atoms with E-state index in [1.807, 2.05) is 18.2 Å². The molecule has 0 heterocycles. The average molecular weight is 311 g/mol. The Morgan fingerprint density at radius 1 is 1.33 bits per heavy atom. The van der Waals surface area contributed by atoms with Crippen molar-refractivity contribution in [1.29, 1.82) is 0 Å². The molecule has 0 amide bonds. The van der Waals surface area contributed by atoms with Crippen LogP contribution in [0.1, 0.15) is 38.2 Å². The Morgan fingerprint density at radius 2 is 2.14 bits per heavy atom. The molecule has 1 aromatic carbocycles. The molecule has 0 aromatic heterocycles. The van der Waals surface area contributed by atoms with Gasteiger partial charge in [-0.05, 0) is 43.5 Å². The quantitative estimate of drug-likeness (QED) is 0.877. The molecule has 0 radical (unpaired) electrons. The summed E-state index contributed by atoms with van der Waals surface area (Å²) in [4.78, 5) is 0. The smallest absolute Gasteiger partial charge is 0.150 e. The van der Waals surface area contributed by atoms with E-state index in [1.165, 1.54) is 11.8 Å². The Hall–Kier alpha value is -1.07. The molecule has 1 N–H and O–H groups in total. The van der Waals surface area contributed by atoms with Crippen molar-refractivity contribution in [3.05, 3.63) is 29.8 Å². The third-order valence-electron chi connectivity index (χ3n) is 3.96. The van der Waals surface area contributed by atoms with Crippen LogP contribution in [-0.4, -0.2) is 32.6 Å². The van der Waals surface area contributed by atoms with Gasteiger partial charge in [-0.2, -0.15) is 0 Å². The maximum atomic E-state index is 11.7. The number of sulfone groups is 1. The molecule has 1 aromatic rings.